The van der Waals surface area contributed by atoms with Crippen LogP contribution in [0, 0.1) is 13.8 Å². The average Bonchev–Trinajstić information content (AvgIpc) is 2.89. The molecule has 0 aromatic carbocycles. The van der Waals surface area contributed by atoms with Gasteiger partial charge >= 0.3 is 0 Å². The maximum Gasteiger partial charge on any atom is 0.260 e. The van der Waals surface area contributed by atoms with Crippen molar-refractivity contribution < 1.29 is 0 Å². The maximum absolute atomic E-state index is 11.9. The first-order chi connectivity index (χ1) is 8.20. The van der Waals surface area contributed by atoms with E-state index in [1.807, 2.05) is 6.92 Å². The highest BCUT2D eigenvalue weighted by Gasteiger charge is 2.23. The van der Waals surface area contributed by atoms with Crippen LogP contribution in [0.15, 0.2) is 11.1 Å². The molecule has 0 atom stereocenters. The first-order valence-electron chi connectivity index (χ1n) is 6.25. The van der Waals surface area contributed by atoms with Gasteiger partial charge in [0.15, 0.2) is 0 Å². The van der Waals surface area contributed by atoms with Crippen LogP contribution >= 0.6 is 0 Å². The van der Waals surface area contributed by atoms with E-state index in [4.69, 9.17) is 0 Å². The summed E-state index contributed by atoms with van der Waals surface area (Å²) in [5.41, 5.74) is 3.10. The Morgan fingerprint density at radius 3 is 2.76 bits per heavy atom. The second-order valence-electron chi connectivity index (χ2n) is 4.95. The fraction of sp³-hybridized carbons (Fsp3) is 0.538. The number of aromatic nitrogens is 3. The van der Waals surface area contributed by atoms with Crippen molar-refractivity contribution in [3.8, 4) is 0 Å². The highest BCUT2D eigenvalue weighted by molar-refractivity contribution is 5.80. The highest BCUT2D eigenvalue weighted by atomic mass is 16.1. The van der Waals surface area contributed by atoms with Crippen LogP contribution in [0.5, 0.6) is 0 Å². The summed E-state index contributed by atoms with van der Waals surface area (Å²) in [5, 5.41) is 0.761. The summed E-state index contributed by atoms with van der Waals surface area (Å²) in [6.45, 7) is 4.11. The number of nitrogens with zero attached hydrogens (tertiary/aromatic N) is 2. The zero-order valence-electron chi connectivity index (χ0n) is 10.3. The second-order valence-corrected chi connectivity index (χ2v) is 4.95. The van der Waals surface area contributed by atoms with E-state index in [2.05, 4.69) is 21.5 Å². The molecule has 3 rings (SSSR count). The third-order valence-corrected chi connectivity index (χ3v) is 4.03. The van der Waals surface area contributed by atoms with Crippen molar-refractivity contribution >= 4 is 11.0 Å². The number of rotatable bonds is 1. The lowest BCUT2D eigenvalue weighted by Crippen LogP contribution is -2.10. The summed E-state index contributed by atoms with van der Waals surface area (Å²) in [7, 11) is 0. The Morgan fingerprint density at radius 2 is 2.06 bits per heavy atom. The molecule has 0 spiro atoms. The summed E-state index contributed by atoms with van der Waals surface area (Å²) in [6.07, 6.45) is 6.49. The molecule has 0 aliphatic heterocycles. The van der Waals surface area contributed by atoms with E-state index in [1.165, 1.54) is 37.7 Å². The van der Waals surface area contributed by atoms with Gasteiger partial charge in [-0.3, -0.25) is 4.79 Å². The van der Waals surface area contributed by atoms with Crippen molar-refractivity contribution in [1.29, 1.82) is 0 Å². The Morgan fingerprint density at radius 1 is 1.35 bits per heavy atom. The average molecular weight is 231 g/mol. The van der Waals surface area contributed by atoms with Crippen molar-refractivity contribution in [1.82, 2.24) is 14.5 Å². The van der Waals surface area contributed by atoms with Gasteiger partial charge in [-0.15, -0.1) is 0 Å². The molecule has 4 nitrogen and oxygen atoms in total. The normalized spacial score (nSPS) is 17.1. The molecule has 0 saturated heterocycles. The molecule has 1 saturated carbocycles. The number of H-pyrrole nitrogens is 1. The van der Waals surface area contributed by atoms with Crippen LogP contribution in [-0.4, -0.2) is 14.5 Å². The molecule has 1 aliphatic carbocycles. The molecule has 4 heteroatoms. The molecular formula is C13H17N3O. The largest absolute Gasteiger partial charge is 0.326 e. The maximum atomic E-state index is 11.9. The third kappa shape index (κ3) is 1.43. The third-order valence-electron chi connectivity index (χ3n) is 4.03. The summed E-state index contributed by atoms with van der Waals surface area (Å²) < 4.78 is 2.27. The summed E-state index contributed by atoms with van der Waals surface area (Å²) in [6, 6.07) is 0.528. The summed E-state index contributed by atoms with van der Waals surface area (Å²) >= 11 is 0. The minimum absolute atomic E-state index is 0.0210. The van der Waals surface area contributed by atoms with Gasteiger partial charge < -0.3 is 9.55 Å². The van der Waals surface area contributed by atoms with Crippen LogP contribution < -0.4 is 5.56 Å². The Labute approximate surface area is 99.7 Å². The fourth-order valence-electron chi connectivity index (χ4n) is 3.04. The zero-order chi connectivity index (χ0) is 12.0. The van der Waals surface area contributed by atoms with Crippen LogP contribution in [0.2, 0.25) is 0 Å². The van der Waals surface area contributed by atoms with Crippen LogP contribution in [0.3, 0.4) is 0 Å². The standard InChI is InChI=1S/C13H17N3O/c1-8-9(2)16(10-5-3-4-6-10)12-11(8)13(17)15-7-14-12/h7,10H,3-6H2,1-2H3,(H,14,15,17). The van der Waals surface area contributed by atoms with Crippen LogP contribution in [0.1, 0.15) is 43.0 Å². The second kappa shape index (κ2) is 3.72. The number of hydrogen-bond donors (Lipinski definition) is 1. The van der Waals surface area contributed by atoms with E-state index in [0.717, 1.165) is 16.6 Å². The molecule has 0 unspecified atom stereocenters. The van der Waals surface area contributed by atoms with Crippen molar-refractivity contribution in [3.05, 3.63) is 27.9 Å². The fourth-order valence-corrected chi connectivity index (χ4v) is 3.04. The van der Waals surface area contributed by atoms with Gasteiger partial charge in [0.05, 0.1) is 11.7 Å². The van der Waals surface area contributed by atoms with E-state index in [0.29, 0.717) is 6.04 Å². The summed E-state index contributed by atoms with van der Waals surface area (Å²) in [5.74, 6) is 0. The number of aromatic amines is 1. The van der Waals surface area contributed by atoms with Crippen LogP contribution in [0.25, 0.3) is 11.0 Å². The van der Waals surface area contributed by atoms with Gasteiger partial charge in [-0.05, 0) is 32.3 Å². The van der Waals surface area contributed by atoms with Crippen LogP contribution in [-0.2, 0) is 0 Å². The number of nitrogens with one attached hydrogen (secondary N) is 1. The van der Waals surface area contributed by atoms with Gasteiger partial charge in [0.2, 0.25) is 0 Å². The van der Waals surface area contributed by atoms with E-state index in [9.17, 15) is 4.79 Å². The van der Waals surface area contributed by atoms with Crippen molar-refractivity contribution in [2.45, 2.75) is 45.6 Å². The Bertz CT molecular complexity index is 617. The van der Waals surface area contributed by atoms with Gasteiger partial charge in [0.25, 0.3) is 5.56 Å². The van der Waals surface area contributed by atoms with Gasteiger partial charge in [0, 0.05) is 11.7 Å². The lowest BCUT2D eigenvalue weighted by Gasteiger charge is -2.15. The lowest BCUT2D eigenvalue weighted by molar-refractivity contribution is 0.521. The smallest absolute Gasteiger partial charge is 0.260 e. The highest BCUT2D eigenvalue weighted by Crippen LogP contribution is 2.34. The molecule has 0 bridgehead atoms. The minimum Gasteiger partial charge on any atom is -0.326 e. The van der Waals surface area contributed by atoms with Crippen molar-refractivity contribution in [3.63, 3.8) is 0 Å². The molecule has 2 aromatic rings. The monoisotopic (exact) mass is 231 g/mol. The van der Waals surface area contributed by atoms with E-state index in [1.54, 1.807) is 0 Å². The molecule has 17 heavy (non-hydrogen) atoms. The van der Waals surface area contributed by atoms with Gasteiger partial charge in [-0.1, -0.05) is 12.8 Å². The van der Waals surface area contributed by atoms with E-state index < -0.39 is 0 Å². The van der Waals surface area contributed by atoms with E-state index >= 15 is 0 Å². The van der Waals surface area contributed by atoms with Gasteiger partial charge in [-0.25, -0.2) is 4.98 Å². The lowest BCUT2D eigenvalue weighted by atomic mass is 10.2. The number of hydrogen-bond acceptors (Lipinski definition) is 2. The van der Waals surface area contributed by atoms with Crippen molar-refractivity contribution in [2.75, 3.05) is 0 Å². The number of aryl methyl sites for hydroxylation is 1. The van der Waals surface area contributed by atoms with Gasteiger partial charge in [-0.2, -0.15) is 0 Å². The molecule has 0 radical (unpaired) electrons. The van der Waals surface area contributed by atoms with E-state index in [-0.39, 0.29) is 5.56 Å². The van der Waals surface area contributed by atoms with Crippen molar-refractivity contribution in [2.24, 2.45) is 0 Å². The number of fused-ring (bicyclic) bond motifs is 1. The predicted molar refractivity (Wildman–Crippen MR) is 67.3 cm³/mol. The molecule has 2 heterocycles. The Kier molecular flexibility index (Phi) is 2.31. The molecule has 1 aliphatic rings. The minimum atomic E-state index is -0.0210. The molecule has 1 N–H and O–H groups in total. The molecular weight excluding hydrogens is 214 g/mol. The summed E-state index contributed by atoms with van der Waals surface area (Å²) in [4.78, 5) is 18.9. The molecule has 90 valence electrons. The quantitative estimate of drug-likeness (QED) is 0.819. The SMILES string of the molecule is Cc1c(C)n(C2CCCC2)c2nc[nH]c(=O)c12. The Balaban J connectivity index is 2.34. The zero-order valence-corrected chi connectivity index (χ0v) is 10.3. The topological polar surface area (TPSA) is 50.7 Å². The first-order valence-corrected chi connectivity index (χ1v) is 6.25. The van der Waals surface area contributed by atoms with Crippen LogP contribution in [0.4, 0.5) is 0 Å². The molecule has 2 aromatic heterocycles. The molecule has 0 amide bonds. The first kappa shape index (κ1) is 10.6. The Hall–Kier alpha value is -1.58. The predicted octanol–water partition coefficient (Wildman–Crippen LogP) is 2.46. The van der Waals surface area contributed by atoms with Gasteiger partial charge in [0.1, 0.15) is 5.65 Å². The molecule has 1 fully saturated rings.